The molecular weight excluding hydrogens is 419 g/mol. The minimum absolute atomic E-state index is 0.105. The highest BCUT2D eigenvalue weighted by Gasteiger charge is 2.25. The minimum atomic E-state index is -0.497. The quantitative estimate of drug-likeness (QED) is 0.385. The number of nitrogens with one attached hydrogen (secondary N) is 1. The van der Waals surface area contributed by atoms with E-state index in [0.29, 0.717) is 28.7 Å². The van der Waals surface area contributed by atoms with E-state index in [4.69, 9.17) is 4.74 Å². The Kier molecular flexibility index (Phi) is 6.45. The zero-order valence-corrected chi connectivity index (χ0v) is 19.0. The highest BCUT2D eigenvalue weighted by atomic mass is 19.1. The van der Waals surface area contributed by atoms with Crippen LogP contribution in [0.25, 0.3) is 21.7 Å². The van der Waals surface area contributed by atoms with E-state index in [0.717, 1.165) is 16.3 Å². The molecule has 4 rings (SSSR count). The van der Waals surface area contributed by atoms with Gasteiger partial charge in [-0.3, -0.25) is 4.79 Å². The van der Waals surface area contributed by atoms with E-state index < -0.39 is 11.8 Å². The SMILES string of the molecule is CCOC(=O)c1c(CNC(=O)C(C)C)c2cc(F)ccc2n1Cc1cccc2ccccc12. The Labute approximate surface area is 192 Å². The largest absolute Gasteiger partial charge is 0.461 e. The summed E-state index contributed by atoms with van der Waals surface area (Å²) in [7, 11) is 0. The molecule has 0 radical (unpaired) electrons. The predicted molar refractivity (Wildman–Crippen MR) is 128 cm³/mol. The molecule has 0 atom stereocenters. The molecule has 33 heavy (non-hydrogen) atoms. The second kappa shape index (κ2) is 9.45. The lowest BCUT2D eigenvalue weighted by Crippen LogP contribution is -2.28. The van der Waals surface area contributed by atoms with Crippen LogP contribution >= 0.6 is 0 Å². The number of amides is 1. The van der Waals surface area contributed by atoms with Gasteiger partial charge in [-0.05, 0) is 41.5 Å². The highest BCUT2D eigenvalue weighted by molar-refractivity contribution is 5.99. The summed E-state index contributed by atoms with van der Waals surface area (Å²) in [5, 5.41) is 5.63. The summed E-state index contributed by atoms with van der Waals surface area (Å²) in [6.07, 6.45) is 0. The van der Waals surface area contributed by atoms with Crippen LogP contribution in [0.2, 0.25) is 0 Å². The molecular formula is C27H27FN2O3. The van der Waals surface area contributed by atoms with Gasteiger partial charge in [0.1, 0.15) is 11.5 Å². The van der Waals surface area contributed by atoms with E-state index in [2.05, 4.69) is 5.32 Å². The average Bonchev–Trinajstić information content (AvgIpc) is 3.10. The third-order valence-corrected chi connectivity index (χ3v) is 5.77. The third kappa shape index (κ3) is 4.46. The monoisotopic (exact) mass is 446 g/mol. The molecule has 170 valence electrons. The Morgan fingerprint density at radius 1 is 1.03 bits per heavy atom. The Balaban J connectivity index is 1.91. The minimum Gasteiger partial charge on any atom is -0.461 e. The smallest absolute Gasteiger partial charge is 0.355 e. The standard InChI is InChI=1S/C27H27FN2O3/c1-4-33-27(32)25-23(15-29-26(31)17(2)3)22-14-20(28)12-13-24(22)30(25)16-19-10-7-9-18-8-5-6-11-21(18)19/h5-14,17H,4,15-16H2,1-3H3,(H,29,31). The lowest BCUT2D eigenvalue weighted by molar-refractivity contribution is -0.124. The fraction of sp³-hybridized carbons (Fsp3) is 0.259. The number of esters is 1. The molecule has 0 saturated carbocycles. The topological polar surface area (TPSA) is 60.3 Å². The van der Waals surface area contributed by atoms with E-state index in [-0.39, 0.29) is 25.0 Å². The summed E-state index contributed by atoms with van der Waals surface area (Å²) in [5.41, 5.74) is 2.62. The van der Waals surface area contributed by atoms with Gasteiger partial charge in [0, 0.05) is 35.5 Å². The maximum Gasteiger partial charge on any atom is 0.355 e. The van der Waals surface area contributed by atoms with Gasteiger partial charge in [-0.2, -0.15) is 0 Å². The van der Waals surface area contributed by atoms with E-state index in [1.165, 1.54) is 12.1 Å². The first-order chi connectivity index (χ1) is 15.9. The van der Waals surface area contributed by atoms with Gasteiger partial charge in [-0.15, -0.1) is 0 Å². The van der Waals surface area contributed by atoms with Crippen molar-refractivity contribution in [1.82, 2.24) is 9.88 Å². The normalized spacial score (nSPS) is 11.3. The van der Waals surface area contributed by atoms with Crippen LogP contribution in [0.3, 0.4) is 0 Å². The van der Waals surface area contributed by atoms with Crippen molar-refractivity contribution < 1.29 is 18.7 Å². The number of carbonyl (C=O) groups excluding carboxylic acids is 2. The summed E-state index contributed by atoms with van der Waals surface area (Å²) in [6.45, 7) is 6.05. The maximum atomic E-state index is 14.3. The van der Waals surface area contributed by atoms with E-state index in [9.17, 15) is 14.0 Å². The Hall–Kier alpha value is -3.67. The molecule has 6 heteroatoms. The van der Waals surface area contributed by atoms with Crippen LogP contribution in [-0.4, -0.2) is 23.1 Å². The van der Waals surface area contributed by atoms with Gasteiger partial charge in [0.05, 0.1) is 6.61 Å². The first-order valence-electron chi connectivity index (χ1n) is 11.1. The molecule has 0 aliphatic heterocycles. The number of aromatic nitrogens is 1. The maximum absolute atomic E-state index is 14.3. The molecule has 0 aliphatic carbocycles. The van der Waals surface area contributed by atoms with Gasteiger partial charge < -0.3 is 14.6 Å². The van der Waals surface area contributed by atoms with Crippen molar-refractivity contribution in [2.45, 2.75) is 33.9 Å². The molecule has 1 amide bonds. The molecule has 4 aromatic rings. The Morgan fingerprint density at radius 2 is 1.79 bits per heavy atom. The van der Waals surface area contributed by atoms with Crippen LogP contribution in [0.15, 0.2) is 60.7 Å². The van der Waals surface area contributed by atoms with Gasteiger partial charge in [0.2, 0.25) is 5.91 Å². The Morgan fingerprint density at radius 3 is 2.55 bits per heavy atom. The molecule has 0 saturated heterocycles. The molecule has 0 spiro atoms. The fourth-order valence-electron chi connectivity index (χ4n) is 4.15. The molecule has 0 unspecified atom stereocenters. The van der Waals surface area contributed by atoms with Gasteiger partial charge in [-0.1, -0.05) is 56.3 Å². The second-order valence-corrected chi connectivity index (χ2v) is 8.31. The molecule has 1 aromatic heterocycles. The molecule has 3 aromatic carbocycles. The van der Waals surface area contributed by atoms with Crippen LogP contribution in [0, 0.1) is 11.7 Å². The van der Waals surface area contributed by atoms with Gasteiger partial charge in [-0.25, -0.2) is 9.18 Å². The van der Waals surface area contributed by atoms with Crippen molar-refractivity contribution in [3.63, 3.8) is 0 Å². The first-order valence-corrected chi connectivity index (χ1v) is 11.1. The number of carbonyl (C=O) groups is 2. The summed E-state index contributed by atoms with van der Waals surface area (Å²) in [5.74, 6) is -1.26. The number of fused-ring (bicyclic) bond motifs is 2. The zero-order valence-electron chi connectivity index (χ0n) is 19.0. The van der Waals surface area contributed by atoms with Crippen LogP contribution < -0.4 is 5.32 Å². The highest BCUT2D eigenvalue weighted by Crippen LogP contribution is 2.30. The molecule has 0 aliphatic rings. The van der Waals surface area contributed by atoms with Gasteiger partial charge in [0.15, 0.2) is 0 Å². The number of ether oxygens (including phenoxy) is 1. The van der Waals surface area contributed by atoms with Crippen molar-refractivity contribution in [1.29, 1.82) is 0 Å². The number of benzene rings is 3. The first kappa shape index (κ1) is 22.5. The van der Waals surface area contributed by atoms with E-state index in [1.807, 2.05) is 47.0 Å². The summed E-state index contributed by atoms with van der Waals surface area (Å²) >= 11 is 0. The number of hydrogen-bond acceptors (Lipinski definition) is 3. The fourth-order valence-corrected chi connectivity index (χ4v) is 4.15. The number of hydrogen-bond donors (Lipinski definition) is 1. The summed E-state index contributed by atoms with van der Waals surface area (Å²) in [6, 6.07) is 18.6. The van der Waals surface area contributed by atoms with Crippen LogP contribution in [0.5, 0.6) is 0 Å². The molecule has 5 nitrogen and oxygen atoms in total. The van der Waals surface area contributed by atoms with E-state index in [1.54, 1.807) is 26.8 Å². The molecule has 1 N–H and O–H groups in total. The van der Waals surface area contributed by atoms with Crippen molar-refractivity contribution in [2.24, 2.45) is 5.92 Å². The van der Waals surface area contributed by atoms with Gasteiger partial charge in [0.25, 0.3) is 0 Å². The van der Waals surface area contributed by atoms with Crippen LogP contribution in [0.4, 0.5) is 4.39 Å². The Bertz CT molecular complexity index is 1330. The zero-order chi connectivity index (χ0) is 23.5. The van der Waals surface area contributed by atoms with Crippen LogP contribution in [-0.2, 0) is 22.6 Å². The van der Waals surface area contributed by atoms with Crippen molar-refractivity contribution in [3.05, 3.63) is 83.3 Å². The van der Waals surface area contributed by atoms with Crippen LogP contribution in [0.1, 0.15) is 42.4 Å². The van der Waals surface area contributed by atoms with Crippen molar-refractivity contribution in [3.8, 4) is 0 Å². The summed E-state index contributed by atoms with van der Waals surface area (Å²) < 4.78 is 21.5. The number of rotatable bonds is 7. The van der Waals surface area contributed by atoms with Crippen molar-refractivity contribution in [2.75, 3.05) is 6.61 Å². The molecule has 0 fully saturated rings. The average molecular weight is 447 g/mol. The molecule has 1 heterocycles. The second-order valence-electron chi connectivity index (χ2n) is 8.31. The molecule has 0 bridgehead atoms. The lowest BCUT2D eigenvalue weighted by Gasteiger charge is -2.14. The van der Waals surface area contributed by atoms with Crippen molar-refractivity contribution >= 4 is 33.6 Å². The number of nitrogens with zero attached hydrogens (tertiary/aromatic N) is 1. The summed E-state index contributed by atoms with van der Waals surface area (Å²) in [4.78, 5) is 25.4. The van der Waals surface area contributed by atoms with Gasteiger partial charge >= 0.3 is 5.97 Å². The predicted octanol–water partition coefficient (Wildman–Crippen LogP) is 5.43. The van der Waals surface area contributed by atoms with E-state index >= 15 is 0 Å². The number of halogens is 1. The third-order valence-electron chi connectivity index (χ3n) is 5.77. The lowest BCUT2D eigenvalue weighted by atomic mass is 10.0.